The van der Waals surface area contributed by atoms with E-state index in [9.17, 15) is 4.39 Å². The van der Waals surface area contributed by atoms with Crippen molar-refractivity contribution in [3.8, 4) is 5.82 Å². The lowest BCUT2D eigenvalue weighted by Crippen LogP contribution is -2.44. The summed E-state index contributed by atoms with van der Waals surface area (Å²) in [6, 6.07) is 8.12. The first kappa shape index (κ1) is 16.5. The molecule has 0 atom stereocenters. The molecule has 0 saturated carbocycles. The van der Waals surface area contributed by atoms with Gasteiger partial charge >= 0.3 is 0 Å². The van der Waals surface area contributed by atoms with E-state index < -0.39 is 5.82 Å². The number of benzene rings is 1. The van der Waals surface area contributed by atoms with Gasteiger partial charge < -0.3 is 15.1 Å². The monoisotopic (exact) mass is 353 g/mol. The van der Waals surface area contributed by atoms with Gasteiger partial charge in [-0.2, -0.15) is 4.98 Å². The van der Waals surface area contributed by atoms with Crippen LogP contribution in [0.5, 0.6) is 0 Å². The van der Waals surface area contributed by atoms with Crippen LogP contribution in [0.2, 0.25) is 0 Å². The second kappa shape index (κ2) is 7.09. The van der Waals surface area contributed by atoms with Crippen molar-refractivity contribution in [1.29, 1.82) is 0 Å². The van der Waals surface area contributed by atoms with Crippen molar-refractivity contribution in [1.82, 2.24) is 24.4 Å². The zero-order chi connectivity index (χ0) is 17.9. The van der Waals surface area contributed by atoms with Gasteiger partial charge in [0.05, 0.1) is 6.20 Å². The number of hydrogen-bond acceptors (Lipinski definition) is 6. The van der Waals surface area contributed by atoms with Crippen LogP contribution in [0.25, 0.3) is 5.82 Å². The molecule has 134 valence electrons. The van der Waals surface area contributed by atoms with Crippen LogP contribution >= 0.6 is 0 Å². The molecule has 1 saturated heterocycles. The fourth-order valence-electron chi connectivity index (χ4n) is 2.93. The van der Waals surface area contributed by atoms with Crippen molar-refractivity contribution in [3.05, 3.63) is 55.0 Å². The topological polar surface area (TPSA) is 62.1 Å². The third kappa shape index (κ3) is 3.50. The predicted molar refractivity (Wildman–Crippen MR) is 98.5 cm³/mol. The summed E-state index contributed by atoms with van der Waals surface area (Å²) in [7, 11) is 2.14. The molecule has 4 rings (SSSR count). The van der Waals surface area contributed by atoms with E-state index >= 15 is 0 Å². The van der Waals surface area contributed by atoms with E-state index in [4.69, 9.17) is 0 Å². The van der Waals surface area contributed by atoms with E-state index in [0.717, 1.165) is 38.1 Å². The normalized spacial score (nSPS) is 15.2. The molecule has 2 aromatic heterocycles. The first-order valence-electron chi connectivity index (χ1n) is 8.50. The predicted octanol–water partition coefficient (Wildman–Crippen LogP) is 2.30. The van der Waals surface area contributed by atoms with Crippen molar-refractivity contribution in [2.75, 3.05) is 43.4 Å². The number of piperazine rings is 1. The lowest BCUT2D eigenvalue weighted by Gasteiger charge is -2.34. The number of nitrogens with one attached hydrogen (secondary N) is 1. The second-order valence-corrected chi connectivity index (χ2v) is 6.30. The number of halogens is 1. The summed E-state index contributed by atoms with van der Waals surface area (Å²) >= 11 is 0. The molecule has 26 heavy (non-hydrogen) atoms. The molecule has 1 aromatic carbocycles. The molecule has 0 aliphatic carbocycles. The molecule has 1 fully saturated rings. The van der Waals surface area contributed by atoms with Gasteiger partial charge in [-0.25, -0.2) is 14.4 Å². The van der Waals surface area contributed by atoms with E-state index in [2.05, 4.69) is 49.2 Å². The molecule has 3 heterocycles. The number of aromatic nitrogens is 4. The van der Waals surface area contributed by atoms with E-state index in [1.165, 1.54) is 16.6 Å². The van der Waals surface area contributed by atoms with Crippen molar-refractivity contribution in [3.63, 3.8) is 0 Å². The highest BCUT2D eigenvalue weighted by molar-refractivity contribution is 5.59. The van der Waals surface area contributed by atoms with E-state index in [1.807, 2.05) is 12.1 Å². The van der Waals surface area contributed by atoms with Gasteiger partial charge in [-0.3, -0.25) is 4.57 Å². The molecule has 0 bridgehead atoms. The zero-order valence-electron chi connectivity index (χ0n) is 14.5. The molecule has 0 radical (unpaired) electrons. The highest BCUT2D eigenvalue weighted by Gasteiger charge is 2.14. The molecule has 1 aliphatic heterocycles. The summed E-state index contributed by atoms with van der Waals surface area (Å²) in [5.41, 5.74) is 2.05. The Bertz CT molecular complexity index is 856. The van der Waals surface area contributed by atoms with Crippen molar-refractivity contribution in [2.45, 2.75) is 0 Å². The minimum atomic E-state index is -0.501. The van der Waals surface area contributed by atoms with Gasteiger partial charge in [0.15, 0.2) is 11.6 Å². The van der Waals surface area contributed by atoms with Crippen LogP contribution in [0.1, 0.15) is 0 Å². The molecular formula is C18H20FN7. The van der Waals surface area contributed by atoms with Crippen molar-refractivity contribution in [2.24, 2.45) is 0 Å². The van der Waals surface area contributed by atoms with E-state index in [-0.39, 0.29) is 5.82 Å². The Morgan fingerprint density at radius 2 is 1.85 bits per heavy atom. The maximum atomic E-state index is 13.9. The maximum absolute atomic E-state index is 13.9. The van der Waals surface area contributed by atoms with E-state index in [1.54, 1.807) is 12.4 Å². The number of likely N-dealkylation sites (N-methyl/N-ethyl adjacent to an activating group) is 1. The van der Waals surface area contributed by atoms with Crippen LogP contribution in [0.15, 0.2) is 49.2 Å². The van der Waals surface area contributed by atoms with Gasteiger partial charge in [-0.05, 0) is 31.3 Å². The Labute approximate surface area is 151 Å². The fraction of sp³-hybridized carbons (Fsp3) is 0.278. The maximum Gasteiger partial charge on any atom is 0.229 e. The largest absolute Gasteiger partial charge is 0.369 e. The smallest absolute Gasteiger partial charge is 0.229 e. The summed E-state index contributed by atoms with van der Waals surface area (Å²) in [6.07, 6.45) is 5.87. The quantitative estimate of drug-likeness (QED) is 0.777. The number of imidazole rings is 1. The average Bonchev–Trinajstić information content (AvgIpc) is 3.19. The van der Waals surface area contributed by atoms with Crippen LogP contribution in [0, 0.1) is 5.82 Å². The highest BCUT2D eigenvalue weighted by atomic mass is 19.1. The zero-order valence-corrected chi connectivity index (χ0v) is 14.5. The summed E-state index contributed by atoms with van der Waals surface area (Å²) in [4.78, 5) is 16.9. The molecular weight excluding hydrogens is 333 g/mol. The first-order valence-corrected chi connectivity index (χ1v) is 8.50. The number of hydrogen-bond donors (Lipinski definition) is 1. The third-order valence-electron chi connectivity index (χ3n) is 4.47. The first-order chi connectivity index (χ1) is 12.7. The van der Waals surface area contributed by atoms with Crippen LogP contribution in [0.4, 0.5) is 21.7 Å². The molecule has 1 N–H and O–H groups in total. The van der Waals surface area contributed by atoms with Crippen LogP contribution in [-0.2, 0) is 0 Å². The van der Waals surface area contributed by atoms with Gasteiger partial charge in [0, 0.05) is 49.9 Å². The van der Waals surface area contributed by atoms with Crippen LogP contribution in [-0.4, -0.2) is 57.6 Å². The van der Waals surface area contributed by atoms with Gasteiger partial charge in [0.25, 0.3) is 0 Å². The van der Waals surface area contributed by atoms with Gasteiger partial charge in [0.2, 0.25) is 5.95 Å². The molecule has 0 unspecified atom stereocenters. The van der Waals surface area contributed by atoms with Crippen LogP contribution < -0.4 is 10.2 Å². The van der Waals surface area contributed by atoms with Crippen LogP contribution in [0.3, 0.4) is 0 Å². The van der Waals surface area contributed by atoms with Gasteiger partial charge in [-0.1, -0.05) is 0 Å². The van der Waals surface area contributed by atoms with Crippen molar-refractivity contribution >= 4 is 17.3 Å². The third-order valence-corrected chi connectivity index (χ3v) is 4.47. The Morgan fingerprint density at radius 1 is 1.08 bits per heavy atom. The Balaban J connectivity index is 1.48. The van der Waals surface area contributed by atoms with E-state index in [0.29, 0.717) is 5.95 Å². The van der Waals surface area contributed by atoms with Crippen molar-refractivity contribution < 1.29 is 4.39 Å². The Morgan fingerprint density at radius 3 is 2.54 bits per heavy atom. The summed E-state index contributed by atoms with van der Waals surface area (Å²) in [5.74, 6) is -0.00420. The molecule has 0 amide bonds. The number of anilines is 3. The minimum absolute atomic E-state index is 0.161. The lowest BCUT2D eigenvalue weighted by molar-refractivity contribution is 0.313. The SMILES string of the molecule is CN1CCN(c2ccc(Nc3ncc(F)c(-n4ccnc4)n3)cc2)CC1. The lowest BCUT2D eigenvalue weighted by atomic mass is 10.2. The molecule has 7 nitrogen and oxygen atoms in total. The molecule has 3 aromatic rings. The molecule has 1 aliphatic rings. The Kier molecular flexibility index (Phi) is 4.49. The van der Waals surface area contributed by atoms with Gasteiger partial charge in [0.1, 0.15) is 6.33 Å². The summed E-state index contributed by atoms with van der Waals surface area (Å²) < 4.78 is 15.5. The average molecular weight is 353 g/mol. The van der Waals surface area contributed by atoms with Gasteiger partial charge in [-0.15, -0.1) is 0 Å². The molecule has 8 heteroatoms. The minimum Gasteiger partial charge on any atom is -0.369 e. The fourth-order valence-corrected chi connectivity index (χ4v) is 2.93. The highest BCUT2D eigenvalue weighted by Crippen LogP contribution is 2.21. The standard InChI is InChI=1S/C18H20FN7/c1-24-8-10-25(11-9-24)15-4-2-14(3-5-15)22-18-21-12-16(19)17(23-18)26-7-6-20-13-26/h2-7,12-13H,8-11H2,1H3,(H,21,22,23). The summed E-state index contributed by atoms with van der Waals surface area (Å²) in [6.45, 7) is 4.19. The second-order valence-electron chi connectivity index (χ2n) is 6.30. The Hall–Kier alpha value is -3.00. The number of nitrogens with zero attached hydrogens (tertiary/aromatic N) is 6. The number of rotatable bonds is 4. The molecule has 0 spiro atoms. The summed E-state index contributed by atoms with van der Waals surface area (Å²) in [5, 5.41) is 3.12.